The smallest absolute Gasteiger partial charge is 0.223 e. The zero-order valence-electron chi connectivity index (χ0n) is 15.6. The Morgan fingerprint density at radius 1 is 0.926 bits per heavy atom. The molecule has 3 heteroatoms. The Morgan fingerprint density at radius 3 is 2.11 bits per heavy atom. The van der Waals surface area contributed by atoms with Gasteiger partial charge in [0, 0.05) is 0 Å². The van der Waals surface area contributed by atoms with Gasteiger partial charge in [-0.1, -0.05) is 60.7 Å². The Kier molecular flexibility index (Phi) is 3.90. The van der Waals surface area contributed by atoms with E-state index in [4.69, 9.17) is 10.5 Å². The zero-order valence-corrected chi connectivity index (χ0v) is 15.6. The lowest BCUT2D eigenvalue weighted by atomic mass is 9.42. The van der Waals surface area contributed by atoms with Crippen LogP contribution in [0.5, 0.6) is 0 Å². The average Bonchev–Trinajstić information content (AvgIpc) is 2.68. The summed E-state index contributed by atoms with van der Waals surface area (Å²) in [6, 6.07) is 21.2. The minimum atomic E-state index is -0.339. The van der Waals surface area contributed by atoms with E-state index in [2.05, 4.69) is 54.6 Å². The van der Waals surface area contributed by atoms with Crippen molar-refractivity contribution in [1.29, 1.82) is 0 Å². The maximum Gasteiger partial charge on any atom is 0.223 e. The van der Waals surface area contributed by atoms with Crippen LogP contribution < -0.4 is 5.73 Å². The van der Waals surface area contributed by atoms with E-state index in [-0.39, 0.29) is 22.8 Å². The first-order valence-electron chi connectivity index (χ1n) is 10.1. The molecule has 3 nitrogen and oxygen atoms in total. The van der Waals surface area contributed by atoms with Crippen molar-refractivity contribution < 1.29 is 9.53 Å². The summed E-state index contributed by atoms with van der Waals surface area (Å²) in [5, 5.41) is 0. The Morgan fingerprint density at radius 2 is 1.52 bits per heavy atom. The minimum absolute atomic E-state index is 0.0920. The Labute approximate surface area is 160 Å². The van der Waals surface area contributed by atoms with Crippen LogP contribution in [0.4, 0.5) is 0 Å². The van der Waals surface area contributed by atoms with Gasteiger partial charge in [0.15, 0.2) is 0 Å². The van der Waals surface area contributed by atoms with Gasteiger partial charge in [0.1, 0.15) is 0 Å². The minimum Gasteiger partial charge on any atom is -0.373 e. The van der Waals surface area contributed by atoms with Gasteiger partial charge in [0.2, 0.25) is 5.91 Å². The predicted molar refractivity (Wildman–Crippen MR) is 105 cm³/mol. The molecule has 4 aliphatic carbocycles. The van der Waals surface area contributed by atoms with Gasteiger partial charge in [-0.05, 0) is 60.5 Å². The molecule has 0 heterocycles. The predicted octanol–water partition coefficient (Wildman–Crippen LogP) is 4.21. The molecule has 1 amide bonds. The Balaban J connectivity index is 1.44. The molecule has 27 heavy (non-hydrogen) atoms. The van der Waals surface area contributed by atoms with Crippen molar-refractivity contribution in [2.75, 3.05) is 0 Å². The molecule has 2 unspecified atom stereocenters. The van der Waals surface area contributed by atoms with Gasteiger partial charge >= 0.3 is 0 Å². The van der Waals surface area contributed by atoms with E-state index in [1.54, 1.807) is 0 Å². The second-order valence-corrected chi connectivity index (χ2v) is 9.07. The summed E-state index contributed by atoms with van der Waals surface area (Å²) in [5.74, 6) is 0.740. The number of hydrogen-bond donors (Lipinski definition) is 1. The molecule has 6 rings (SSSR count). The third-order valence-electron chi connectivity index (χ3n) is 7.41. The highest BCUT2D eigenvalue weighted by Crippen LogP contribution is 2.66. The molecule has 2 aromatic rings. The highest BCUT2D eigenvalue weighted by atomic mass is 16.5. The van der Waals surface area contributed by atoms with Gasteiger partial charge in [0.05, 0.1) is 18.1 Å². The quantitative estimate of drug-likeness (QED) is 0.867. The number of amides is 1. The molecular formula is C24H27NO2. The summed E-state index contributed by atoms with van der Waals surface area (Å²) < 4.78 is 6.46. The lowest BCUT2D eigenvalue weighted by Gasteiger charge is -2.63. The van der Waals surface area contributed by atoms with Gasteiger partial charge in [-0.2, -0.15) is 0 Å². The van der Waals surface area contributed by atoms with Crippen LogP contribution in [0.2, 0.25) is 0 Å². The number of carbonyl (C=O) groups excluding carboxylic acids is 1. The highest BCUT2D eigenvalue weighted by Gasteiger charge is 2.63. The fourth-order valence-electron chi connectivity index (χ4n) is 6.56. The Bertz CT molecular complexity index is 816. The summed E-state index contributed by atoms with van der Waals surface area (Å²) in [4.78, 5) is 12.5. The van der Waals surface area contributed by atoms with Crippen LogP contribution in [0.3, 0.4) is 0 Å². The summed E-state index contributed by atoms with van der Waals surface area (Å²) in [7, 11) is 0. The maximum atomic E-state index is 12.5. The summed E-state index contributed by atoms with van der Waals surface area (Å²) >= 11 is 0. The van der Waals surface area contributed by atoms with Crippen molar-refractivity contribution in [3.63, 3.8) is 0 Å². The topological polar surface area (TPSA) is 52.3 Å². The molecular weight excluding hydrogens is 334 g/mol. The molecule has 140 valence electrons. The van der Waals surface area contributed by atoms with E-state index in [1.165, 1.54) is 11.1 Å². The molecule has 4 bridgehead atoms. The summed E-state index contributed by atoms with van der Waals surface area (Å²) in [6.45, 7) is 0.653. The lowest BCUT2D eigenvalue weighted by Crippen LogP contribution is -2.63. The SMILES string of the molecule is NC(=O)C12CC3CC(c4ccccc4)(CC(C1)C3OCc1ccccc1)C2. The number of rotatable bonds is 5. The molecule has 4 saturated carbocycles. The third-order valence-corrected chi connectivity index (χ3v) is 7.41. The standard InChI is InChI=1S/C24H27NO2/c25-22(26)24-13-18-11-23(16-24,20-9-5-2-6-10-20)12-19(14-24)21(18)27-15-17-7-3-1-4-8-17/h1-10,18-19,21H,11-16H2,(H2,25,26). The Hall–Kier alpha value is -2.13. The summed E-state index contributed by atoms with van der Waals surface area (Å²) in [6.07, 6.45) is 5.18. The first-order valence-corrected chi connectivity index (χ1v) is 10.1. The maximum absolute atomic E-state index is 12.5. The van der Waals surface area contributed by atoms with E-state index in [1.807, 2.05) is 6.07 Å². The number of hydrogen-bond acceptors (Lipinski definition) is 2. The molecule has 0 aromatic heterocycles. The van der Waals surface area contributed by atoms with Gasteiger partial charge in [-0.15, -0.1) is 0 Å². The van der Waals surface area contributed by atoms with Crippen molar-refractivity contribution in [1.82, 2.24) is 0 Å². The van der Waals surface area contributed by atoms with Crippen molar-refractivity contribution in [2.45, 2.75) is 50.2 Å². The summed E-state index contributed by atoms with van der Waals surface area (Å²) in [5.41, 5.74) is 8.31. The van der Waals surface area contributed by atoms with Crippen LogP contribution in [-0.4, -0.2) is 12.0 Å². The van der Waals surface area contributed by atoms with Crippen LogP contribution in [0.1, 0.15) is 43.2 Å². The second-order valence-electron chi connectivity index (χ2n) is 9.07. The number of benzene rings is 2. The van der Waals surface area contributed by atoms with Gasteiger partial charge in [-0.25, -0.2) is 0 Å². The van der Waals surface area contributed by atoms with Crippen molar-refractivity contribution in [3.8, 4) is 0 Å². The van der Waals surface area contributed by atoms with Crippen LogP contribution in [0.25, 0.3) is 0 Å². The fraction of sp³-hybridized carbons (Fsp3) is 0.458. The van der Waals surface area contributed by atoms with Crippen LogP contribution >= 0.6 is 0 Å². The zero-order chi connectivity index (χ0) is 18.5. The lowest BCUT2D eigenvalue weighted by molar-refractivity contribution is -0.181. The van der Waals surface area contributed by atoms with Crippen LogP contribution in [-0.2, 0) is 21.6 Å². The number of nitrogens with two attached hydrogens (primary N) is 1. The molecule has 2 N–H and O–H groups in total. The monoisotopic (exact) mass is 361 g/mol. The van der Waals surface area contributed by atoms with Gasteiger partial charge in [0.25, 0.3) is 0 Å². The molecule has 2 aromatic carbocycles. The van der Waals surface area contributed by atoms with E-state index in [9.17, 15) is 4.79 Å². The van der Waals surface area contributed by atoms with Crippen molar-refractivity contribution in [2.24, 2.45) is 23.0 Å². The molecule has 0 aliphatic heterocycles. The molecule has 4 aliphatic rings. The van der Waals surface area contributed by atoms with E-state index >= 15 is 0 Å². The van der Waals surface area contributed by atoms with Crippen LogP contribution in [0, 0.1) is 17.3 Å². The first-order chi connectivity index (χ1) is 13.1. The third kappa shape index (κ3) is 2.71. The van der Waals surface area contributed by atoms with Gasteiger partial charge < -0.3 is 10.5 Å². The van der Waals surface area contributed by atoms with Crippen molar-refractivity contribution in [3.05, 3.63) is 71.8 Å². The van der Waals surface area contributed by atoms with E-state index in [0.29, 0.717) is 18.4 Å². The van der Waals surface area contributed by atoms with Crippen molar-refractivity contribution >= 4 is 5.91 Å². The molecule has 0 spiro atoms. The molecule has 4 fully saturated rings. The second kappa shape index (κ2) is 6.20. The number of ether oxygens (including phenoxy) is 1. The highest BCUT2D eigenvalue weighted by molar-refractivity contribution is 5.81. The fourth-order valence-corrected chi connectivity index (χ4v) is 6.56. The molecule has 0 saturated heterocycles. The normalized spacial score (nSPS) is 36.7. The largest absolute Gasteiger partial charge is 0.373 e. The van der Waals surface area contributed by atoms with E-state index in [0.717, 1.165) is 32.1 Å². The molecule has 0 radical (unpaired) electrons. The number of carbonyl (C=O) groups is 1. The van der Waals surface area contributed by atoms with Gasteiger partial charge in [-0.3, -0.25) is 4.79 Å². The first kappa shape index (κ1) is 17.0. The van der Waals surface area contributed by atoms with E-state index < -0.39 is 0 Å². The number of primary amides is 1. The molecule has 2 atom stereocenters. The van der Waals surface area contributed by atoms with Crippen LogP contribution in [0.15, 0.2) is 60.7 Å². The average molecular weight is 361 g/mol.